The fourth-order valence-corrected chi connectivity index (χ4v) is 4.34. The van der Waals surface area contributed by atoms with E-state index in [4.69, 9.17) is 9.47 Å². The second-order valence-electron chi connectivity index (χ2n) is 7.89. The molecule has 0 amide bonds. The van der Waals surface area contributed by atoms with E-state index in [1.807, 2.05) is 24.3 Å². The zero-order valence-corrected chi connectivity index (χ0v) is 16.6. The fraction of sp³-hybridized carbons (Fsp3) is 0.0714. The summed E-state index contributed by atoms with van der Waals surface area (Å²) in [5, 5.41) is 2.24. The summed E-state index contributed by atoms with van der Waals surface area (Å²) < 4.78 is 13.1. The fourth-order valence-electron chi connectivity index (χ4n) is 4.34. The highest BCUT2D eigenvalue weighted by Crippen LogP contribution is 2.46. The number of hydrogen-bond acceptors (Lipinski definition) is 2. The van der Waals surface area contributed by atoms with Crippen LogP contribution in [0.5, 0.6) is 11.5 Å². The molecule has 0 aliphatic carbocycles. The quantitative estimate of drug-likeness (QED) is 0.358. The predicted molar refractivity (Wildman–Crippen MR) is 122 cm³/mol. The van der Waals surface area contributed by atoms with Crippen molar-refractivity contribution in [3.63, 3.8) is 0 Å². The maximum Gasteiger partial charge on any atom is 0.292 e. The van der Waals surface area contributed by atoms with Crippen molar-refractivity contribution in [3.05, 3.63) is 119 Å². The van der Waals surface area contributed by atoms with E-state index in [-0.39, 0.29) is 0 Å². The van der Waals surface area contributed by atoms with Crippen LogP contribution < -0.4 is 9.47 Å². The number of ether oxygens (including phenoxy) is 2. The minimum absolute atomic E-state index is 0.823. The minimum Gasteiger partial charge on any atom is -0.445 e. The zero-order chi connectivity index (χ0) is 20.1. The molecule has 1 unspecified atom stereocenters. The third-order valence-electron chi connectivity index (χ3n) is 5.79. The van der Waals surface area contributed by atoms with E-state index >= 15 is 0 Å². The van der Waals surface area contributed by atoms with Gasteiger partial charge in [-0.1, -0.05) is 78.4 Å². The van der Waals surface area contributed by atoms with Crippen LogP contribution in [0.1, 0.15) is 22.3 Å². The summed E-state index contributed by atoms with van der Waals surface area (Å²) in [4.78, 5) is 0. The molecule has 2 heteroatoms. The number of para-hydroxylation sites is 1. The average Bonchev–Trinajstić information content (AvgIpc) is 2.78. The normalized spacial score (nSPS) is 18.9. The Hall–Kier alpha value is -3.78. The van der Waals surface area contributed by atoms with E-state index in [9.17, 15) is 0 Å². The maximum atomic E-state index is 6.63. The molecule has 2 nitrogen and oxygen atoms in total. The summed E-state index contributed by atoms with van der Waals surface area (Å²) in [5.41, 5.74) is 5.64. The van der Waals surface area contributed by atoms with Crippen LogP contribution in [0.2, 0.25) is 0 Å². The predicted octanol–water partition coefficient (Wildman–Crippen LogP) is 6.77. The van der Waals surface area contributed by atoms with Crippen molar-refractivity contribution in [2.24, 2.45) is 0 Å². The summed E-state index contributed by atoms with van der Waals surface area (Å²) in [6, 6.07) is 29.3. The van der Waals surface area contributed by atoms with Gasteiger partial charge < -0.3 is 9.47 Å². The van der Waals surface area contributed by atoms with E-state index in [1.165, 1.54) is 5.56 Å². The molecule has 0 fully saturated rings. The molecule has 0 saturated heterocycles. The Kier molecular flexibility index (Phi) is 3.63. The molecule has 0 bridgehead atoms. The van der Waals surface area contributed by atoms with Gasteiger partial charge in [-0.25, -0.2) is 0 Å². The Labute approximate surface area is 175 Å². The standard InChI is InChI=1S/C28H20O2/c1-19-7-6-10-22(17-19)25-18-28(16-15-21-9-3-5-12-26(21)29-28)30-27-23-11-4-2-8-20(23)13-14-24(25)27/h2-18H,1H3. The lowest BCUT2D eigenvalue weighted by molar-refractivity contribution is -0.0300. The Morgan fingerprint density at radius 3 is 2.57 bits per heavy atom. The number of rotatable bonds is 1. The molecule has 30 heavy (non-hydrogen) atoms. The van der Waals surface area contributed by atoms with Crippen molar-refractivity contribution >= 4 is 22.4 Å². The van der Waals surface area contributed by atoms with Crippen molar-refractivity contribution in [2.75, 3.05) is 0 Å². The van der Waals surface area contributed by atoms with Crippen LogP contribution in [-0.4, -0.2) is 5.79 Å². The first-order chi connectivity index (χ1) is 14.7. The number of aryl methyl sites for hydroxylation is 1. The Morgan fingerprint density at radius 1 is 0.767 bits per heavy atom. The van der Waals surface area contributed by atoms with Crippen LogP contribution in [0.15, 0.2) is 97.1 Å². The SMILES string of the molecule is Cc1cccc(C2=CC3(C=Cc4ccccc4O3)Oc3c2ccc2ccccc32)c1. The molecule has 2 aliphatic rings. The van der Waals surface area contributed by atoms with Gasteiger partial charge in [0.05, 0.1) is 0 Å². The van der Waals surface area contributed by atoms with Crippen molar-refractivity contribution in [1.82, 2.24) is 0 Å². The van der Waals surface area contributed by atoms with Crippen LogP contribution in [0.3, 0.4) is 0 Å². The van der Waals surface area contributed by atoms with Gasteiger partial charge in [-0.05, 0) is 41.7 Å². The highest BCUT2D eigenvalue weighted by atomic mass is 16.7. The van der Waals surface area contributed by atoms with Gasteiger partial charge in [-0.3, -0.25) is 0 Å². The molecule has 1 atom stereocenters. The lowest BCUT2D eigenvalue weighted by atomic mass is 9.89. The second kappa shape index (κ2) is 6.36. The highest BCUT2D eigenvalue weighted by molar-refractivity contribution is 5.97. The molecule has 0 N–H and O–H groups in total. The van der Waals surface area contributed by atoms with E-state index in [0.717, 1.165) is 44.5 Å². The first-order valence-electron chi connectivity index (χ1n) is 10.2. The molecule has 6 rings (SSSR count). The number of fused-ring (bicyclic) bond motifs is 4. The molecule has 2 heterocycles. The molecule has 0 saturated carbocycles. The third kappa shape index (κ3) is 2.65. The van der Waals surface area contributed by atoms with Gasteiger partial charge in [0.1, 0.15) is 11.5 Å². The summed E-state index contributed by atoms with van der Waals surface area (Å²) in [6.07, 6.45) is 6.19. The molecule has 0 aromatic heterocycles. The highest BCUT2D eigenvalue weighted by Gasteiger charge is 2.39. The monoisotopic (exact) mass is 388 g/mol. The summed E-state index contributed by atoms with van der Waals surface area (Å²) in [5.74, 6) is 0.699. The molecule has 1 spiro atoms. The van der Waals surface area contributed by atoms with Gasteiger partial charge in [-0.2, -0.15) is 0 Å². The molecular formula is C28H20O2. The van der Waals surface area contributed by atoms with Crippen molar-refractivity contribution < 1.29 is 9.47 Å². The average molecular weight is 388 g/mol. The van der Waals surface area contributed by atoms with Gasteiger partial charge in [0.15, 0.2) is 0 Å². The summed E-state index contributed by atoms with van der Waals surface area (Å²) in [7, 11) is 0. The largest absolute Gasteiger partial charge is 0.445 e. The summed E-state index contributed by atoms with van der Waals surface area (Å²) in [6.45, 7) is 2.12. The van der Waals surface area contributed by atoms with Crippen LogP contribution in [0.25, 0.3) is 22.4 Å². The van der Waals surface area contributed by atoms with Crippen molar-refractivity contribution in [1.29, 1.82) is 0 Å². The van der Waals surface area contributed by atoms with Crippen LogP contribution in [0.4, 0.5) is 0 Å². The van der Waals surface area contributed by atoms with E-state index in [2.05, 4.69) is 85.8 Å². The topological polar surface area (TPSA) is 18.5 Å². The van der Waals surface area contributed by atoms with Gasteiger partial charge in [0.25, 0.3) is 5.79 Å². The van der Waals surface area contributed by atoms with Crippen molar-refractivity contribution in [2.45, 2.75) is 12.7 Å². The van der Waals surface area contributed by atoms with Crippen molar-refractivity contribution in [3.8, 4) is 11.5 Å². The molecule has 0 radical (unpaired) electrons. The lowest BCUT2D eigenvalue weighted by Gasteiger charge is -2.37. The smallest absolute Gasteiger partial charge is 0.292 e. The molecule has 2 aliphatic heterocycles. The molecule has 144 valence electrons. The van der Waals surface area contributed by atoms with E-state index < -0.39 is 5.79 Å². The van der Waals surface area contributed by atoms with E-state index in [1.54, 1.807) is 0 Å². The Bertz CT molecular complexity index is 1360. The Balaban J connectivity index is 1.61. The lowest BCUT2D eigenvalue weighted by Crippen LogP contribution is -2.42. The van der Waals surface area contributed by atoms with Crippen LogP contribution in [-0.2, 0) is 0 Å². The van der Waals surface area contributed by atoms with Gasteiger partial charge in [0.2, 0.25) is 0 Å². The minimum atomic E-state index is -0.982. The summed E-state index contributed by atoms with van der Waals surface area (Å²) >= 11 is 0. The second-order valence-corrected chi connectivity index (χ2v) is 7.89. The van der Waals surface area contributed by atoms with Crippen LogP contribution >= 0.6 is 0 Å². The number of benzene rings is 4. The molecule has 4 aromatic carbocycles. The van der Waals surface area contributed by atoms with Gasteiger partial charge in [-0.15, -0.1) is 0 Å². The first-order valence-corrected chi connectivity index (χ1v) is 10.2. The molecular weight excluding hydrogens is 368 g/mol. The maximum absolute atomic E-state index is 6.63. The Morgan fingerprint density at radius 2 is 1.63 bits per heavy atom. The molecule has 4 aromatic rings. The van der Waals surface area contributed by atoms with Crippen LogP contribution in [0, 0.1) is 6.92 Å². The third-order valence-corrected chi connectivity index (χ3v) is 5.79. The van der Waals surface area contributed by atoms with E-state index in [0.29, 0.717) is 0 Å². The first kappa shape index (κ1) is 17.1. The van der Waals surface area contributed by atoms with Gasteiger partial charge >= 0.3 is 0 Å². The zero-order valence-electron chi connectivity index (χ0n) is 16.6. The number of hydrogen-bond donors (Lipinski definition) is 0. The van der Waals surface area contributed by atoms with Gasteiger partial charge in [0, 0.05) is 28.7 Å².